The second-order valence-corrected chi connectivity index (χ2v) is 5.47. The third-order valence-electron chi connectivity index (χ3n) is 3.92. The van der Waals surface area contributed by atoms with Gasteiger partial charge in [-0.05, 0) is 25.8 Å². The highest BCUT2D eigenvalue weighted by atomic mass is 15.3. The molecule has 3 rings (SSSR count). The van der Waals surface area contributed by atoms with Crippen molar-refractivity contribution in [2.24, 2.45) is 0 Å². The molecule has 1 fully saturated rings. The molecule has 0 saturated heterocycles. The number of hydrogen-bond acceptors (Lipinski definition) is 3. The predicted octanol–water partition coefficient (Wildman–Crippen LogP) is 2.52. The molecule has 5 heteroatoms. The van der Waals surface area contributed by atoms with E-state index in [2.05, 4.69) is 27.1 Å². The van der Waals surface area contributed by atoms with Gasteiger partial charge in [0.15, 0.2) is 0 Å². The van der Waals surface area contributed by atoms with E-state index in [0.717, 1.165) is 11.3 Å². The maximum Gasteiger partial charge on any atom is 0.148 e. The minimum Gasteiger partial charge on any atom is -0.382 e. The molecule has 5 nitrogen and oxygen atoms in total. The molecule has 2 N–H and O–H groups in total. The fourth-order valence-electron chi connectivity index (χ4n) is 2.79. The first-order valence-corrected chi connectivity index (χ1v) is 7.06. The molecule has 0 unspecified atom stereocenters. The van der Waals surface area contributed by atoms with Crippen LogP contribution in [-0.2, 0) is 6.54 Å². The maximum atomic E-state index is 5.76. The standard InChI is InChI=1S/C14H21N5/c1-11-9-18(17-14(11)15)10-12-7-8-19(16-12)13-5-3-2-4-6-13/h7-9,13H,2-6,10H2,1H3,(H2,15,17). The number of aromatic nitrogens is 4. The van der Waals surface area contributed by atoms with E-state index in [0.29, 0.717) is 18.4 Å². The summed E-state index contributed by atoms with van der Waals surface area (Å²) in [6.07, 6.45) is 10.6. The highest BCUT2D eigenvalue weighted by Gasteiger charge is 2.16. The Kier molecular flexibility index (Phi) is 3.27. The first-order valence-electron chi connectivity index (χ1n) is 7.06. The van der Waals surface area contributed by atoms with Crippen molar-refractivity contribution in [2.75, 3.05) is 5.73 Å². The van der Waals surface area contributed by atoms with E-state index in [-0.39, 0.29) is 0 Å². The number of hydrogen-bond donors (Lipinski definition) is 1. The maximum absolute atomic E-state index is 5.76. The van der Waals surface area contributed by atoms with Crippen LogP contribution in [0.15, 0.2) is 18.5 Å². The van der Waals surface area contributed by atoms with E-state index in [1.807, 2.05) is 17.8 Å². The molecular weight excluding hydrogens is 238 g/mol. The number of nitrogens with zero attached hydrogens (tertiary/aromatic N) is 4. The van der Waals surface area contributed by atoms with Crippen LogP contribution < -0.4 is 5.73 Å². The van der Waals surface area contributed by atoms with E-state index in [1.165, 1.54) is 32.1 Å². The summed E-state index contributed by atoms with van der Waals surface area (Å²) in [7, 11) is 0. The summed E-state index contributed by atoms with van der Waals surface area (Å²) >= 11 is 0. The fraction of sp³-hybridized carbons (Fsp3) is 0.571. The van der Waals surface area contributed by atoms with Gasteiger partial charge in [0.25, 0.3) is 0 Å². The van der Waals surface area contributed by atoms with Crippen LogP contribution in [-0.4, -0.2) is 19.6 Å². The molecule has 0 bridgehead atoms. The number of nitrogens with two attached hydrogens (primary N) is 1. The van der Waals surface area contributed by atoms with Crippen LogP contribution in [0.25, 0.3) is 0 Å². The van der Waals surface area contributed by atoms with Crippen molar-refractivity contribution in [3.05, 3.63) is 29.7 Å². The molecule has 0 aliphatic heterocycles. The highest BCUT2D eigenvalue weighted by molar-refractivity contribution is 5.35. The van der Waals surface area contributed by atoms with Crippen molar-refractivity contribution in [3.8, 4) is 0 Å². The van der Waals surface area contributed by atoms with E-state index < -0.39 is 0 Å². The van der Waals surface area contributed by atoms with Gasteiger partial charge in [-0.25, -0.2) is 0 Å². The molecule has 2 aromatic rings. The third-order valence-corrected chi connectivity index (χ3v) is 3.92. The smallest absolute Gasteiger partial charge is 0.148 e. The minimum absolute atomic E-state index is 0.590. The molecule has 19 heavy (non-hydrogen) atoms. The normalized spacial score (nSPS) is 16.9. The Hall–Kier alpha value is -1.78. The van der Waals surface area contributed by atoms with Crippen LogP contribution in [0, 0.1) is 6.92 Å². The Morgan fingerprint density at radius 3 is 2.74 bits per heavy atom. The summed E-state index contributed by atoms with van der Waals surface area (Å²) in [6, 6.07) is 2.67. The van der Waals surface area contributed by atoms with E-state index in [1.54, 1.807) is 0 Å². The topological polar surface area (TPSA) is 61.7 Å². The molecular formula is C14H21N5. The van der Waals surface area contributed by atoms with E-state index in [9.17, 15) is 0 Å². The van der Waals surface area contributed by atoms with Gasteiger partial charge in [0.1, 0.15) is 5.82 Å². The SMILES string of the molecule is Cc1cn(Cc2ccn(C3CCCCC3)n2)nc1N. The van der Waals surface area contributed by atoms with Crippen molar-refractivity contribution >= 4 is 5.82 Å². The zero-order valence-corrected chi connectivity index (χ0v) is 11.4. The Balaban J connectivity index is 1.70. The summed E-state index contributed by atoms with van der Waals surface area (Å²) in [4.78, 5) is 0. The average molecular weight is 259 g/mol. The molecule has 1 saturated carbocycles. The average Bonchev–Trinajstić information content (AvgIpc) is 2.99. The lowest BCUT2D eigenvalue weighted by Gasteiger charge is -2.21. The summed E-state index contributed by atoms with van der Waals surface area (Å²) in [5.74, 6) is 0.603. The monoisotopic (exact) mass is 259 g/mol. The lowest BCUT2D eigenvalue weighted by atomic mass is 9.96. The van der Waals surface area contributed by atoms with Gasteiger partial charge in [-0.2, -0.15) is 10.2 Å². The molecule has 0 radical (unpaired) electrons. The minimum atomic E-state index is 0.590. The van der Waals surface area contributed by atoms with Gasteiger partial charge in [0.2, 0.25) is 0 Å². The van der Waals surface area contributed by atoms with Crippen LogP contribution >= 0.6 is 0 Å². The second kappa shape index (κ2) is 5.07. The van der Waals surface area contributed by atoms with Crippen LogP contribution in [0.1, 0.15) is 49.4 Å². The Bertz CT molecular complexity index is 528. The predicted molar refractivity (Wildman–Crippen MR) is 74.8 cm³/mol. The lowest BCUT2D eigenvalue weighted by molar-refractivity contribution is 0.327. The first-order chi connectivity index (χ1) is 9.22. The second-order valence-electron chi connectivity index (χ2n) is 5.47. The molecule has 0 atom stereocenters. The Morgan fingerprint density at radius 1 is 1.26 bits per heavy atom. The Labute approximate surface area is 113 Å². The zero-order chi connectivity index (χ0) is 13.2. The van der Waals surface area contributed by atoms with Crippen LogP contribution in [0.2, 0.25) is 0 Å². The molecule has 0 amide bonds. The van der Waals surface area contributed by atoms with Crippen molar-refractivity contribution in [1.82, 2.24) is 19.6 Å². The van der Waals surface area contributed by atoms with Crippen LogP contribution in [0.3, 0.4) is 0 Å². The van der Waals surface area contributed by atoms with Gasteiger partial charge in [-0.3, -0.25) is 9.36 Å². The molecule has 1 aliphatic carbocycles. The summed E-state index contributed by atoms with van der Waals surface area (Å²) in [5.41, 5.74) is 7.83. The van der Waals surface area contributed by atoms with Crippen molar-refractivity contribution in [3.63, 3.8) is 0 Å². The van der Waals surface area contributed by atoms with Gasteiger partial charge < -0.3 is 5.73 Å². The summed E-state index contributed by atoms with van der Waals surface area (Å²) in [5, 5.41) is 8.96. The number of anilines is 1. The van der Waals surface area contributed by atoms with Gasteiger partial charge in [-0.1, -0.05) is 19.3 Å². The highest BCUT2D eigenvalue weighted by Crippen LogP contribution is 2.27. The number of nitrogen functional groups attached to an aromatic ring is 1. The molecule has 2 aromatic heterocycles. The number of rotatable bonds is 3. The van der Waals surface area contributed by atoms with Crippen molar-refractivity contribution in [2.45, 2.75) is 51.6 Å². The Morgan fingerprint density at radius 2 is 2.05 bits per heavy atom. The third kappa shape index (κ3) is 2.64. The van der Waals surface area contributed by atoms with E-state index >= 15 is 0 Å². The molecule has 2 heterocycles. The largest absolute Gasteiger partial charge is 0.382 e. The quantitative estimate of drug-likeness (QED) is 0.921. The number of aryl methyl sites for hydroxylation is 1. The molecule has 102 valence electrons. The van der Waals surface area contributed by atoms with Gasteiger partial charge in [0.05, 0.1) is 18.3 Å². The van der Waals surface area contributed by atoms with Crippen LogP contribution in [0.5, 0.6) is 0 Å². The lowest BCUT2D eigenvalue weighted by Crippen LogP contribution is -2.13. The summed E-state index contributed by atoms with van der Waals surface area (Å²) < 4.78 is 3.99. The van der Waals surface area contributed by atoms with Crippen molar-refractivity contribution < 1.29 is 0 Å². The van der Waals surface area contributed by atoms with Crippen LogP contribution in [0.4, 0.5) is 5.82 Å². The van der Waals surface area contributed by atoms with Gasteiger partial charge >= 0.3 is 0 Å². The summed E-state index contributed by atoms with van der Waals surface area (Å²) in [6.45, 7) is 2.66. The fourth-order valence-corrected chi connectivity index (χ4v) is 2.79. The van der Waals surface area contributed by atoms with Gasteiger partial charge in [-0.15, -0.1) is 0 Å². The zero-order valence-electron chi connectivity index (χ0n) is 11.4. The molecule has 0 spiro atoms. The molecule has 1 aliphatic rings. The van der Waals surface area contributed by atoms with Crippen molar-refractivity contribution in [1.29, 1.82) is 0 Å². The van der Waals surface area contributed by atoms with Gasteiger partial charge in [0, 0.05) is 18.0 Å². The molecule has 0 aromatic carbocycles. The first kappa shape index (κ1) is 12.3. The van der Waals surface area contributed by atoms with E-state index in [4.69, 9.17) is 5.73 Å².